The number of hydrogen-bond donors (Lipinski definition) is 1. The third-order valence-electron chi connectivity index (χ3n) is 2.89. The molecule has 17 heavy (non-hydrogen) atoms. The van der Waals surface area contributed by atoms with Gasteiger partial charge >= 0.3 is 0 Å². The van der Waals surface area contributed by atoms with Gasteiger partial charge in [-0.25, -0.2) is 0 Å². The van der Waals surface area contributed by atoms with Crippen molar-refractivity contribution in [2.24, 2.45) is 5.73 Å². The SMILES string of the molecule is C[C@H](N)Cc1c2ccoc2c(Br)c2ccoc12. The van der Waals surface area contributed by atoms with Crippen LogP contribution in [0.3, 0.4) is 0 Å². The van der Waals surface area contributed by atoms with Crippen LogP contribution in [0, 0.1) is 0 Å². The molecule has 4 heteroatoms. The van der Waals surface area contributed by atoms with E-state index in [1.165, 1.54) is 0 Å². The fourth-order valence-corrected chi connectivity index (χ4v) is 2.82. The van der Waals surface area contributed by atoms with E-state index >= 15 is 0 Å². The van der Waals surface area contributed by atoms with E-state index in [0.717, 1.165) is 38.4 Å². The van der Waals surface area contributed by atoms with Crippen LogP contribution < -0.4 is 5.73 Å². The average molecular weight is 294 g/mol. The molecule has 1 aromatic carbocycles. The molecule has 0 aliphatic rings. The van der Waals surface area contributed by atoms with E-state index in [4.69, 9.17) is 14.6 Å². The smallest absolute Gasteiger partial charge is 0.149 e. The maximum Gasteiger partial charge on any atom is 0.149 e. The lowest BCUT2D eigenvalue weighted by molar-refractivity contribution is 0.604. The summed E-state index contributed by atoms with van der Waals surface area (Å²) in [5, 5.41) is 2.10. The molecule has 0 unspecified atom stereocenters. The maximum atomic E-state index is 5.90. The zero-order valence-electron chi connectivity index (χ0n) is 9.37. The van der Waals surface area contributed by atoms with Crippen molar-refractivity contribution >= 4 is 37.9 Å². The zero-order chi connectivity index (χ0) is 12.0. The Hall–Kier alpha value is -1.26. The highest BCUT2D eigenvalue weighted by atomic mass is 79.9. The predicted molar refractivity (Wildman–Crippen MR) is 71.0 cm³/mol. The van der Waals surface area contributed by atoms with Crippen molar-refractivity contribution in [3.63, 3.8) is 0 Å². The summed E-state index contributed by atoms with van der Waals surface area (Å²) in [4.78, 5) is 0. The van der Waals surface area contributed by atoms with Crippen molar-refractivity contribution in [2.45, 2.75) is 19.4 Å². The third-order valence-corrected chi connectivity index (χ3v) is 3.68. The first-order chi connectivity index (χ1) is 8.18. The van der Waals surface area contributed by atoms with E-state index in [0.29, 0.717) is 0 Å². The molecular weight excluding hydrogens is 282 g/mol. The fourth-order valence-electron chi connectivity index (χ4n) is 2.20. The van der Waals surface area contributed by atoms with Crippen molar-refractivity contribution in [3.05, 3.63) is 34.7 Å². The summed E-state index contributed by atoms with van der Waals surface area (Å²) in [6.07, 6.45) is 4.16. The van der Waals surface area contributed by atoms with Crippen molar-refractivity contribution in [3.8, 4) is 0 Å². The number of hydrogen-bond acceptors (Lipinski definition) is 3. The van der Waals surface area contributed by atoms with Gasteiger partial charge in [-0.05, 0) is 41.4 Å². The number of nitrogens with two attached hydrogens (primary N) is 1. The highest BCUT2D eigenvalue weighted by Gasteiger charge is 2.17. The summed E-state index contributed by atoms with van der Waals surface area (Å²) in [6.45, 7) is 1.99. The highest BCUT2D eigenvalue weighted by molar-refractivity contribution is 9.10. The lowest BCUT2D eigenvalue weighted by atomic mass is 10.0. The van der Waals surface area contributed by atoms with Gasteiger partial charge in [0.05, 0.1) is 17.0 Å². The molecule has 3 aromatic rings. The molecule has 2 N–H and O–H groups in total. The Morgan fingerprint density at radius 3 is 2.53 bits per heavy atom. The van der Waals surface area contributed by atoms with Gasteiger partial charge in [0, 0.05) is 22.4 Å². The van der Waals surface area contributed by atoms with Crippen molar-refractivity contribution in [1.29, 1.82) is 0 Å². The summed E-state index contributed by atoms with van der Waals surface area (Å²) >= 11 is 3.56. The minimum absolute atomic E-state index is 0.0857. The second-order valence-electron chi connectivity index (χ2n) is 4.30. The predicted octanol–water partition coefficient (Wildman–Crippen LogP) is 3.83. The van der Waals surface area contributed by atoms with Gasteiger partial charge in [-0.1, -0.05) is 0 Å². The second-order valence-corrected chi connectivity index (χ2v) is 5.09. The van der Waals surface area contributed by atoms with Crippen LogP contribution in [-0.2, 0) is 6.42 Å². The lowest BCUT2D eigenvalue weighted by Gasteiger charge is -2.08. The van der Waals surface area contributed by atoms with Gasteiger partial charge in [-0.3, -0.25) is 0 Å². The van der Waals surface area contributed by atoms with Gasteiger partial charge in [-0.15, -0.1) is 0 Å². The van der Waals surface area contributed by atoms with Gasteiger partial charge in [-0.2, -0.15) is 0 Å². The minimum Gasteiger partial charge on any atom is -0.464 e. The molecule has 3 nitrogen and oxygen atoms in total. The molecule has 0 radical (unpaired) electrons. The second kappa shape index (κ2) is 3.89. The zero-order valence-corrected chi connectivity index (χ0v) is 11.0. The van der Waals surface area contributed by atoms with Crippen LogP contribution >= 0.6 is 15.9 Å². The number of furan rings is 2. The third kappa shape index (κ3) is 1.59. The van der Waals surface area contributed by atoms with Crippen molar-refractivity contribution in [2.75, 3.05) is 0 Å². The van der Waals surface area contributed by atoms with E-state index in [1.807, 2.05) is 19.1 Å². The number of rotatable bonds is 2. The number of benzene rings is 1. The summed E-state index contributed by atoms with van der Waals surface area (Å²) < 4.78 is 12.0. The summed E-state index contributed by atoms with van der Waals surface area (Å²) in [7, 11) is 0. The van der Waals surface area contributed by atoms with Crippen LogP contribution in [0.15, 0.2) is 38.0 Å². The largest absolute Gasteiger partial charge is 0.464 e. The van der Waals surface area contributed by atoms with Gasteiger partial charge in [0.15, 0.2) is 0 Å². The van der Waals surface area contributed by atoms with Gasteiger partial charge in [0.1, 0.15) is 11.2 Å². The molecule has 88 valence electrons. The van der Waals surface area contributed by atoms with Gasteiger partial charge < -0.3 is 14.6 Å². The molecule has 0 bridgehead atoms. The van der Waals surface area contributed by atoms with Crippen LogP contribution in [0.4, 0.5) is 0 Å². The van der Waals surface area contributed by atoms with Crippen LogP contribution in [0.25, 0.3) is 21.9 Å². The van der Waals surface area contributed by atoms with Crippen LogP contribution in [0.5, 0.6) is 0 Å². The van der Waals surface area contributed by atoms with E-state index < -0.39 is 0 Å². The molecular formula is C13H12BrNO2. The number of fused-ring (bicyclic) bond motifs is 2. The van der Waals surface area contributed by atoms with Crippen LogP contribution in [-0.4, -0.2) is 6.04 Å². The Morgan fingerprint density at radius 2 is 1.82 bits per heavy atom. The van der Waals surface area contributed by atoms with Crippen molar-refractivity contribution in [1.82, 2.24) is 0 Å². The molecule has 2 aromatic heterocycles. The molecule has 0 amide bonds. The summed E-state index contributed by atoms with van der Waals surface area (Å²) in [6, 6.07) is 3.98. The number of halogens is 1. The Morgan fingerprint density at radius 1 is 1.18 bits per heavy atom. The van der Waals surface area contributed by atoms with Crippen LogP contribution in [0.1, 0.15) is 12.5 Å². The van der Waals surface area contributed by atoms with E-state index in [9.17, 15) is 0 Å². The first-order valence-corrected chi connectivity index (χ1v) is 6.28. The molecule has 0 aliphatic carbocycles. The molecule has 0 saturated heterocycles. The normalized spacial score (nSPS) is 13.6. The Labute approximate surface area is 107 Å². The molecule has 3 rings (SSSR count). The standard InChI is InChI=1S/C13H12BrNO2/c1-7(15)6-10-8-2-4-17-13(8)11(14)9-3-5-16-12(9)10/h2-5,7H,6,15H2,1H3/t7-/m0/s1. The highest BCUT2D eigenvalue weighted by Crippen LogP contribution is 2.37. The monoisotopic (exact) mass is 293 g/mol. The van der Waals surface area contributed by atoms with Gasteiger partial charge in [0.25, 0.3) is 0 Å². The Kier molecular flexibility index (Phi) is 2.49. The first kappa shape index (κ1) is 10.9. The topological polar surface area (TPSA) is 52.3 Å². The Bertz CT molecular complexity index is 629. The average Bonchev–Trinajstić information content (AvgIpc) is 2.92. The molecule has 1 atom stereocenters. The molecule has 0 spiro atoms. The lowest BCUT2D eigenvalue weighted by Crippen LogP contribution is -2.18. The first-order valence-electron chi connectivity index (χ1n) is 5.49. The molecule has 0 aliphatic heterocycles. The Balaban J connectivity index is 2.43. The fraction of sp³-hybridized carbons (Fsp3) is 0.231. The molecule has 2 heterocycles. The van der Waals surface area contributed by atoms with Crippen molar-refractivity contribution < 1.29 is 8.83 Å². The molecule has 0 fully saturated rings. The van der Waals surface area contributed by atoms with Gasteiger partial charge in [0.2, 0.25) is 0 Å². The van der Waals surface area contributed by atoms with E-state index in [-0.39, 0.29) is 6.04 Å². The summed E-state index contributed by atoms with van der Waals surface area (Å²) in [5.41, 5.74) is 8.76. The van der Waals surface area contributed by atoms with E-state index in [1.54, 1.807) is 12.5 Å². The molecule has 0 saturated carbocycles. The quantitative estimate of drug-likeness (QED) is 0.781. The summed E-state index contributed by atoms with van der Waals surface area (Å²) in [5.74, 6) is 0. The maximum absolute atomic E-state index is 5.90. The van der Waals surface area contributed by atoms with E-state index in [2.05, 4.69) is 15.9 Å². The minimum atomic E-state index is 0.0857. The van der Waals surface area contributed by atoms with Crippen LogP contribution in [0.2, 0.25) is 0 Å².